The highest BCUT2D eigenvalue weighted by Crippen LogP contribution is 2.30. The topological polar surface area (TPSA) is 21.3 Å². The first-order valence-corrected chi connectivity index (χ1v) is 6.55. The normalized spacial score (nSPS) is 11.6. The SMILES string of the molecule is CCNCCCCCOc1ccc(C(F)(F)F)cc1. The fourth-order valence-corrected chi connectivity index (χ4v) is 1.64. The van der Waals surface area contributed by atoms with Crippen molar-refractivity contribution in [2.75, 3.05) is 19.7 Å². The summed E-state index contributed by atoms with van der Waals surface area (Å²) in [6.45, 7) is 4.57. The molecule has 1 aromatic carbocycles. The van der Waals surface area contributed by atoms with Gasteiger partial charge in [0, 0.05) is 0 Å². The third-order valence-electron chi connectivity index (χ3n) is 2.70. The number of unbranched alkanes of at least 4 members (excludes halogenated alkanes) is 2. The van der Waals surface area contributed by atoms with Gasteiger partial charge in [-0.15, -0.1) is 0 Å². The number of halogens is 3. The first-order valence-electron chi connectivity index (χ1n) is 6.55. The molecule has 0 spiro atoms. The molecule has 0 aliphatic rings. The third-order valence-corrected chi connectivity index (χ3v) is 2.70. The molecule has 1 rings (SSSR count). The van der Waals surface area contributed by atoms with Crippen molar-refractivity contribution in [2.24, 2.45) is 0 Å². The van der Waals surface area contributed by atoms with E-state index in [1.165, 1.54) is 12.1 Å². The third kappa shape index (κ3) is 6.47. The minimum atomic E-state index is -4.29. The van der Waals surface area contributed by atoms with Crippen molar-refractivity contribution >= 4 is 0 Å². The van der Waals surface area contributed by atoms with Crippen LogP contribution in [0.4, 0.5) is 13.2 Å². The molecule has 0 aromatic heterocycles. The first kappa shape index (κ1) is 15.8. The number of ether oxygens (including phenoxy) is 1. The van der Waals surface area contributed by atoms with E-state index in [0.29, 0.717) is 12.4 Å². The van der Waals surface area contributed by atoms with Crippen molar-refractivity contribution in [3.63, 3.8) is 0 Å². The molecule has 19 heavy (non-hydrogen) atoms. The Hall–Kier alpha value is -1.23. The second kappa shape index (κ2) is 8.04. The van der Waals surface area contributed by atoms with Crippen LogP contribution in [0.2, 0.25) is 0 Å². The highest BCUT2D eigenvalue weighted by molar-refractivity contribution is 5.28. The van der Waals surface area contributed by atoms with Crippen molar-refractivity contribution in [1.82, 2.24) is 5.32 Å². The standard InChI is InChI=1S/C14H20F3NO/c1-2-18-10-4-3-5-11-19-13-8-6-12(7-9-13)14(15,16)17/h6-9,18H,2-5,10-11H2,1H3. The van der Waals surface area contributed by atoms with Gasteiger partial charge in [0.15, 0.2) is 0 Å². The van der Waals surface area contributed by atoms with Crippen LogP contribution in [-0.2, 0) is 6.18 Å². The van der Waals surface area contributed by atoms with Gasteiger partial charge in [-0.1, -0.05) is 6.92 Å². The van der Waals surface area contributed by atoms with Gasteiger partial charge in [0.1, 0.15) is 5.75 Å². The molecule has 0 saturated heterocycles. The van der Waals surface area contributed by atoms with Crippen LogP contribution in [0.25, 0.3) is 0 Å². The smallest absolute Gasteiger partial charge is 0.416 e. The Labute approximate surface area is 112 Å². The predicted molar refractivity (Wildman–Crippen MR) is 69.3 cm³/mol. The maximum absolute atomic E-state index is 12.3. The van der Waals surface area contributed by atoms with Crippen molar-refractivity contribution in [3.05, 3.63) is 29.8 Å². The molecule has 2 nitrogen and oxygen atoms in total. The van der Waals surface area contributed by atoms with Crippen molar-refractivity contribution in [1.29, 1.82) is 0 Å². The van der Waals surface area contributed by atoms with Crippen LogP contribution in [0.5, 0.6) is 5.75 Å². The molecular weight excluding hydrogens is 255 g/mol. The van der Waals surface area contributed by atoms with E-state index in [2.05, 4.69) is 12.2 Å². The lowest BCUT2D eigenvalue weighted by Crippen LogP contribution is -2.14. The molecule has 0 atom stereocenters. The molecule has 0 radical (unpaired) electrons. The van der Waals surface area contributed by atoms with Crippen molar-refractivity contribution in [3.8, 4) is 5.75 Å². The minimum Gasteiger partial charge on any atom is -0.494 e. The molecular formula is C14H20F3NO. The van der Waals surface area contributed by atoms with Gasteiger partial charge in [-0.2, -0.15) is 13.2 Å². The maximum atomic E-state index is 12.3. The van der Waals surface area contributed by atoms with Gasteiger partial charge in [-0.3, -0.25) is 0 Å². The Morgan fingerprint density at radius 3 is 2.32 bits per heavy atom. The number of alkyl halides is 3. The van der Waals surface area contributed by atoms with Crippen molar-refractivity contribution in [2.45, 2.75) is 32.4 Å². The minimum absolute atomic E-state index is 0.486. The van der Waals surface area contributed by atoms with Crippen LogP contribution in [-0.4, -0.2) is 19.7 Å². The molecule has 108 valence electrons. The van der Waals surface area contributed by atoms with Crippen LogP contribution in [0.15, 0.2) is 24.3 Å². The fraction of sp³-hybridized carbons (Fsp3) is 0.571. The summed E-state index contributed by atoms with van der Waals surface area (Å²) < 4.78 is 42.4. The first-order chi connectivity index (χ1) is 9.04. The highest BCUT2D eigenvalue weighted by atomic mass is 19.4. The quantitative estimate of drug-likeness (QED) is 0.727. The van der Waals surface area contributed by atoms with E-state index in [9.17, 15) is 13.2 Å². The summed E-state index contributed by atoms with van der Waals surface area (Å²) >= 11 is 0. The molecule has 0 bridgehead atoms. The molecule has 0 heterocycles. The molecule has 0 amide bonds. The van der Waals surface area contributed by atoms with Gasteiger partial charge in [-0.25, -0.2) is 0 Å². The van der Waals surface area contributed by atoms with Gasteiger partial charge in [0.2, 0.25) is 0 Å². The van der Waals surface area contributed by atoms with Gasteiger partial charge >= 0.3 is 6.18 Å². The van der Waals surface area contributed by atoms with Gasteiger partial charge < -0.3 is 10.1 Å². The van der Waals surface area contributed by atoms with Gasteiger partial charge in [0.05, 0.1) is 12.2 Å². The number of hydrogen-bond acceptors (Lipinski definition) is 2. The van der Waals surface area contributed by atoms with Crippen LogP contribution < -0.4 is 10.1 Å². The average Bonchev–Trinajstić information content (AvgIpc) is 2.37. The zero-order valence-corrected chi connectivity index (χ0v) is 11.1. The van der Waals surface area contributed by atoms with E-state index in [0.717, 1.165) is 44.5 Å². The van der Waals surface area contributed by atoms with Gasteiger partial charge in [-0.05, 0) is 56.6 Å². The molecule has 0 aliphatic carbocycles. The summed E-state index contributed by atoms with van der Waals surface area (Å²) in [5, 5.41) is 3.23. The zero-order valence-electron chi connectivity index (χ0n) is 11.1. The Bertz CT molecular complexity index is 349. The lowest BCUT2D eigenvalue weighted by atomic mass is 10.2. The van der Waals surface area contributed by atoms with E-state index in [1.807, 2.05) is 0 Å². The number of rotatable bonds is 8. The fourth-order valence-electron chi connectivity index (χ4n) is 1.64. The summed E-state index contributed by atoms with van der Waals surface area (Å²) in [5.74, 6) is 0.486. The van der Waals surface area contributed by atoms with E-state index in [4.69, 9.17) is 4.74 Å². The predicted octanol–water partition coefficient (Wildman–Crippen LogP) is 3.86. The Balaban J connectivity index is 2.20. The number of nitrogens with one attached hydrogen (secondary N) is 1. The summed E-state index contributed by atoms with van der Waals surface area (Å²) in [5.41, 5.74) is -0.648. The van der Waals surface area contributed by atoms with Gasteiger partial charge in [0.25, 0.3) is 0 Å². The lowest BCUT2D eigenvalue weighted by molar-refractivity contribution is -0.137. The summed E-state index contributed by atoms with van der Waals surface area (Å²) in [6, 6.07) is 4.81. The summed E-state index contributed by atoms with van der Waals surface area (Å²) in [4.78, 5) is 0. The largest absolute Gasteiger partial charge is 0.494 e. The van der Waals surface area contributed by atoms with Crippen LogP contribution >= 0.6 is 0 Å². The Morgan fingerprint density at radius 2 is 1.74 bits per heavy atom. The average molecular weight is 275 g/mol. The second-order valence-corrected chi connectivity index (χ2v) is 4.28. The lowest BCUT2D eigenvalue weighted by Gasteiger charge is -2.09. The zero-order chi connectivity index (χ0) is 14.1. The molecule has 0 fully saturated rings. The van der Waals surface area contributed by atoms with E-state index < -0.39 is 11.7 Å². The molecule has 0 aliphatic heterocycles. The maximum Gasteiger partial charge on any atom is 0.416 e. The second-order valence-electron chi connectivity index (χ2n) is 4.28. The monoisotopic (exact) mass is 275 g/mol. The summed E-state index contributed by atoms with van der Waals surface area (Å²) in [7, 11) is 0. The molecule has 0 unspecified atom stereocenters. The van der Waals surface area contributed by atoms with Crippen LogP contribution in [0, 0.1) is 0 Å². The Kier molecular flexibility index (Phi) is 6.70. The van der Waals surface area contributed by atoms with E-state index >= 15 is 0 Å². The molecule has 1 aromatic rings. The molecule has 0 saturated carbocycles. The van der Waals surface area contributed by atoms with E-state index in [-0.39, 0.29) is 0 Å². The Morgan fingerprint density at radius 1 is 1.05 bits per heavy atom. The van der Waals surface area contributed by atoms with E-state index in [1.54, 1.807) is 0 Å². The number of benzene rings is 1. The van der Waals surface area contributed by atoms with Crippen LogP contribution in [0.3, 0.4) is 0 Å². The number of hydrogen-bond donors (Lipinski definition) is 1. The highest BCUT2D eigenvalue weighted by Gasteiger charge is 2.29. The molecule has 1 N–H and O–H groups in total. The van der Waals surface area contributed by atoms with Crippen molar-refractivity contribution < 1.29 is 17.9 Å². The molecule has 5 heteroatoms. The summed E-state index contributed by atoms with van der Waals surface area (Å²) in [6.07, 6.45) is -1.24. The van der Waals surface area contributed by atoms with Crippen LogP contribution in [0.1, 0.15) is 31.7 Å².